The lowest BCUT2D eigenvalue weighted by atomic mass is 10.1. The highest BCUT2D eigenvalue weighted by Crippen LogP contribution is 2.31. The number of halogens is 1. The second-order valence-electron chi connectivity index (χ2n) is 6.44. The standard InChI is InChI=1S/C21H19ClN4OS/c1-3-26-17-7-5-4-6-15(17)16-12-14(8-9-18(16)26)23-21(27)13(2)28-20-11-10-19(22)24-25-20/h4-13H,3H2,1-2H3,(H,23,27)/t13-/m1/s1. The van der Waals surface area contributed by atoms with Crippen LogP contribution in [-0.4, -0.2) is 25.9 Å². The van der Waals surface area contributed by atoms with Gasteiger partial charge < -0.3 is 9.88 Å². The van der Waals surface area contributed by atoms with Crippen LogP contribution in [0.25, 0.3) is 21.8 Å². The van der Waals surface area contributed by atoms with Crippen LogP contribution in [0.1, 0.15) is 13.8 Å². The normalized spacial score (nSPS) is 12.4. The summed E-state index contributed by atoms with van der Waals surface area (Å²) < 4.78 is 2.29. The van der Waals surface area contributed by atoms with Gasteiger partial charge >= 0.3 is 0 Å². The zero-order valence-corrected chi connectivity index (χ0v) is 17.1. The molecule has 0 saturated heterocycles. The highest BCUT2D eigenvalue weighted by molar-refractivity contribution is 8.00. The Morgan fingerprint density at radius 3 is 2.64 bits per heavy atom. The van der Waals surface area contributed by atoms with Crippen molar-refractivity contribution in [2.45, 2.75) is 30.7 Å². The van der Waals surface area contributed by atoms with Crippen molar-refractivity contribution < 1.29 is 4.79 Å². The quantitative estimate of drug-likeness (QED) is 0.449. The molecule has 28 heavy (non-hydrogen) atoms. The van der Waals surface area contributed by atoms with Crippen LogP contribution >= 0.6 is 23.4 Å². The number of thioether (sulfide) groups is 1. The Kier molecular flexibility index (Phi) is 5.24. The molecule has 0 saturated carbocycles. The van der Waals surface area contributed by atoms with Gasteiger partial charge in [-0.1, -0.05) is 41.6 Å². The van der Waals surface area contributed by atoms with Crippen molar-refractivity contribution >= 4 is 56.8 Å². The summed E-state index contributed by atoms with van der Waals surface area (Å²) in [6, 6.07) is 17.8. The summed E-state index contributed by atoms with van der Waals surface area (Å²) >= 11 is 7.10. The number of aryl methyl sites for hydroxylation is 1. The number of amides is 1. The number of rotatable bonds is 5. The van der Waals surface area contributed by atoms with Crippen molar-refractivity contribution in [3.8, 4) is 0 Å². The molecule has 2 aromatic heterocycles. The van der Waals surface area contributed by atoms with E-state index in [0.29, 0.717) is 10.2 Å². The van der Waals surface area contributed by atoms with Crippen LogP contribution in [0.3, 0.4) is 0 Å². The summed E-state index contributed by atoms with van der Waals surface area (Å²) in [7, 11) is 0. The van der Waals surface area contributed by atoms with E-state index in [4.69, 9.17) is 11.6 Å². The third-order valence-electron chi connectivity index (χ3n) is 4.63. The molecule has 0 aliphatic rings. The van der Waals surface area contributed by atoms with E-state index in [1.807, 2.05) is 25.1 Å². The Morgan fingerprint density at radius 1 is 1.11 bits per heavy atom. The highest BCUT2D eigenvalue weighted by Gasteiger charge is 2.17. The van der Waals surface area contributed by atoms with E-state index in [2.05, 4.69) is 51.3 Å². The molecule has 0 aliphatic carbocycles. The Morgan fingerprint density at radius 2 is 1.89 bits per heavy atom. The third kappa shape index (κ3) is 3.57. The lowest BCUT2D eigenvalue weighted by Crippen LogP contribution is -2.22. The van der Waals surface area contributed by atoms with E-state index < -0.39 is 0 Å². The molecule has 1 atom stereocenters. The van der Waals surface area contributed by atoms with Crippen molar-refractivity contribution in [1.82, 2.24) is 14.8 Å². The van der Waals surface area contributed by atoms with Crippen molar-refractivity contribution in [3.63, 3.8) is 0 Å². The highest BCUT2D eigenvalue weighted by atomic mass is 35.5. The van der Waals surface area contributed by atoms with Gasteiger partial charge in [0, 0.05) is 34.0 Å². The largest absolute Gasteiger partial charge is 0.341 e. The van der Waals surface area contributed by atoms with Crippen LogP contribution < -0.4 is 5.32 Å². The summed E-state index contributed by atoms with van der Waals surface area (Å²) in [6.07, 6.45) is 0. The first kappa shape index (κ1) is 18.8. The molecule has 1 N–H and O–H groups in total. The monoisotopic (exact) mass is 410 g/mol. The van der Waals surface area contributed by atoms with Gasteiger partial charge in [0.1, 0.15) is 5.03 Å². The van der Waals surface area contributed by atoms with Crippen molar-refractivity contribution in [1.29, 1.82) is 0 Å². The number of para-hydroxylation sites is 1. The molecule has 0 spiro atoms. The number of benzene rings is 2. The van der Waals surface area contributed by atoms with Gasteiger partial charge in [0.2, 0.25) is 5.91 Å². The molecule has 0 radical (unpaired) electrons. The summed E-state index contributed by atoms with van der Waals surface area (Å²) in [4.78, 5) is 12.6. The van der Waals surface area contributed by atoms with E-state index in [9.17, 15) is 4.79 Å². The van der Waals surface area contributed by atoms with E-state index in [-0.39, 0.29) is 11.2 Å². The Balaban J connectivity index is 1.58. The number of carbonyl (C=O) groups is 1. The number of nitrogens with zero attached hydrogens (tertiary/aromatic N) is 3. The van der Waals surface area contributed by atoms with Crippen molar-refractivity contribution in [3.05, 3.63) is 59.8 Å². The van der Waals surface area contributed by atoms with Gasteiger partial charge in [-0.3, -0.25) is 4.79 Å². The number of fused-ring (bicyclic) bond motifs is 3. The second-order valence-corrected chi connectivity index (χ2v) is 8.19. The van der Waals surface area contributed by atoms with Gasteiger partial charge in [-0.25, -0.2) is 0 Å². The van der Waals surface area contributed by atoms with Crippen molar-refractivity contribution in [2.24, 2.45) is 0 Å². The van der Waals surface area contributed by atoms with Gasteiger partial charge in [0.25, 0.3) is 0 Å². The Bertz CT molecular complexity index is 1160. The molecule has 5 nitrogen and oxygen atoms in total. The zero-order valence-electron chi connectivity index (χ0n) is 15.5. The summed E-state index contributed by atoms with van der Waals surface area (Å²) in [5.74, 6) is -0.0830. The van der Waals surface area contributed by atoms with Gasteiger partial charge in [0.15, 0.2) is 5.15 Å². The first-order chi connectivity index (χ1) is 13.6. The number of aromatic nitrogens is 3. The SMILES string of the molecule is CCn1c2ccccc2c2cc(NC(=O)[C@@H](C)Sc3ccc(Cl)nn3)ccc21. The van der Waals surface area contributed by atoms with Crippen LogP contribution in [-0.2, 0) is 11.3 Å². The van der Waals surface area contributed by atoms with E-state index in [0.717, 1.165) is 17.6 Å². The maximum atomic E-state index is 12.6. The molecular weight excluding hydrogens is 392 g/mol. The van der Waals surface area contributed by atoms with Crippen LogP contribution in [0.15, 0.2) is 59.6 Å². The molecule has 2 heterocycles. The Hall–Kier alpha value is -2.57. The molecular formula is C21H19ClN4OS. The smallest absolute Gasteiger partial charge is 0.237 e. The lowest BCUT2D eigenvalue weighted by Gasteiger charge is -2.11. The molecule has 1 amide bonds. The minimum absolute atomic E-state index is 0.0830. The second kappa shape index (κ2) is 7.81. The minimum atomic E-state index is -0.317. The van der Waals surface area contributed by atoms with Gasteiger partial charge in [-0.05, 0) is 50.2 Å². The maximum absolute atomic E-state index is 12.6. The molecule has 0 fully saturated rings. The predicted octanol–water partition coefficient (Wildman–Crippen LogP) is 5.38. The number of hydrogen-bond donors (Lipinski definition) is 1. The first-order valence-corrected chi connectivity index (χ1v) is 10.3. The van der Waals surface area contributed by atoms with Gasteiger partial charge in [0.05, 0.1) is 5.25 Å². The molecule has 4 aromatic rings. The van der Waals surface area contributed by atoms with Crippen LogP contribution in [0.4, 0.5) is 5.69 Å². The average Bonchev–Trinajstić information content (AvgIpc) is 3.02. The van der Waals surface area contributed by atoms with Crippen LogP contribution in [0, 0.1) is 0 Å². The zero-order chi connectivity index (χ0) is 19.7. The fourth-order valence-corrected chi connectivity index (χ4v) is 4.18. The number of nitrogens with one attached hydrogen (secondary N) is 1. The molecule has 0 unspecified atom stereocenters. The third-order valence-corrected chi connectivity index (χ3v) is 5.86. The molecule has 0 aliphatic heterocycles. The fourth-order valence-electron chi connectivity index (χ4n) is 3.32. The van der Waals surface area contributed by atoms with Crippen LogP contribution in [0.2, 0.25) is 5.15 Å². The maximum Gasteiger partial charge on any atom is 0.237 e. The molecule has 4 rings (SSSR count). The first-order valence-electron chi connectivity index (χ1n) is 9.04. The number of carbonyl (C=O) groups excluding carboxylic acids is 1. The molecule has 0 bridgehead atoms. The predicted molar refractivity (Wildman–Crippen MR) is 116 cm³/mol. The molecule has 7 heteroatoms. The number of hydrogen-bond acceptors (Lipinski definition) is 4. The van der Waals surface area contributed by atoms with Crippen LogP contribution in [0.5, 0.6) is 0 Å². The summed E-state index contributed by atoms with van der Waals surface area (Å²) in [5.41, 5.74) is 3.15. The fraction of sp³-hybridized carbons (Fsp3) is 0.190. The van der Waals surface area contributed by atoms with Gasteiger partial charge in [-0.15, -0.1) is 10.2 Å². The minimum Gasteiger partial charge on any atom is -0.341 e. The van der Waals surface area contributed by atoms with Crippen molar-refractivity contribution in [2.75, 3.05) is 5.32 Å². The lowest BCUT2D eigenvalue weighted by molar-refractivity contribution is -0.115. The summed E-state index contributed by atoms with van der Waals surface area (Å²) in [5, 5.41) is 13.8. The van der Waals surface area contributed by atoms with E-state index in [1.54, 1.807) is 12.1 Å². The average molecular weight is 411 g/mol. The van der Waals surface area contributed by atoms with E-state index >= 15 is 0 Å². The van der Waals surface area contributed by atoms with Gasteiger partial charge in [-0.2, -0.15) is 0 Å². The van der Waals surface area contributed by atoms with E-state index in [1.165, 1.54) is 28.2 Å². The molecule has 142 valence electrons. The topological polar surface area (TPSA) is 59.8 Å². The Labute approximate surface area is 172 Å². The molecule has 2 aromatic carbocycles. The summed E-state index contributed by atoms with van der Waals surface area (Å²) in [6.45, 7) is 4.88. The number of anilines is 1.